The molecule has 7 heavy (non-hydrogen) atoms. The summed E-state index contributed by atoms with van der Waals surface area (Å²) in [6, 6.07) is 10.0. The van der Waals surface area contributed by atoms with Gasteiger partial charge in [0.15, 0.2) is 0 Å². The zero-order valence-electron chi connectivity index (χ0n) is 4.33. The Labute approximate surface area is 60.4 Å². The van der Waals surface area contributed by atoms with E-state index in [1.807, 2.05) is 30.3 Å². The van der Waals surface area contributed by atoms with Crippen LogP contribution in [0.4, 0.5) is 0 Å². The molecule has 0 unspecified atom stereocenters. The monoisotopic (exact) mass is 173 g/mol. The molecule has 0 amide bonds. The molecule has 1 rings (SSSR count). The van der Waals surface area contributed by atoms with Crippen molar-refractivity contribution in [3.05, 3.63) is 37.8 Å². The van der Waals surface area contributed by atoms with E-state index in [2.05, 4.69) is 0 Å². The van der Waals surface area contributed by atoms with Crippen LogP contribution in [0.25, 0.3) is 0 Å². The van der Waals surface area contributed by atoms with Crippen LogP contribution in [-0.2, 0) is 22.4 Å². The molecular weight excluding hydrogens is 165 g/mol. The van der Waals surface area contributed by atoms with Gasteiger partial charge in [0, 0.05) is 0 Å². The van der Waals surface area contributed by atoms with Crippen LogP contribution in [0.15, 0.2) is 30.3 Å². The molecule has 1 radical (unpaired) electrons. The van der Waals surface area contributed by atoms with E-state index in [-0.39, 0.29) is 29.8 Å². The summed E-state index contributed by atoms with van der Waals surface area (Å²) < 4.78 is 0. The molecule has 0 aliphatic rings. The van der Waals surface area contributed by atoms with Crippen LogP contribution in [-0.4, -0.2) is 0 Å². The molecule has 0 aromatic heterocycles. The van der Waals surface area contributed by atoms with Crippen molar-refractivity contribution in [1.82, 2.24) is 0 Å². The molecule has 1 aromatic rings. The first-order valence-corrected chi connectivity index (χ1v) is 1.67. The van der Waals surface area contributed by atoms with Gasteiger partial charge in [0.25, 0.3) is 0 Å². The number of hydrogen-bond acceptors (Lipinski definition) is 0. The van der Waals surface area contributed by atoms with E-state index in [0.717, 1.165) is 0 Å². The Morgan fingerprint density at radius 2 is 1.43 bits per heavy atom. The van der Waals surface area contributed by atoms with Crippen molar-refractivity contribution in [2.24, 2.45) is 0 Å². The predicted octanol–water partition coefficient (Wildman–Crippen LogP) is 1.85. The SMILES string of the molecule is [CH3-].[Nb+2].c1cc[cH-]c1. The fourth-order valence-corrected chi connectivity index (χ4v) is 0.321. The van der Waals surface area contributed by atoms with E-state index in [1.165, 1.54) is 0 Å². The van der Waals surface area contributed by atoms with Crippen molar-refractivity contribution in [2.75, 3.05) is 0 Å². The van der Waals surface area contributed by atoms with Gasteiger partial charge in [0.2, 0.25) is 0 Å². The van der Waals surface area contributed by atoms with Gasteiger partial charge in [0.05, 0.1) is 0 Å². The first kappa shape index (κ1) is 10.1. The molecule has 1 aromatic carbocycles. The molecule has 0 N–H and O–H groups in total. The van der Waals surface area contributed by atoms with E-state index in [0.29, 0.717) is 0 Å². The second-order valence-electron chi connectivity index (χ2n) is 0.962. The van der Waals surface area contributed by atoms with Gasteiger partial charge in [0.1, 0.15) is 0 Å². The third kappa shape index (κ3) is 3.93. The molecule has 1 heteroatoms. The zero-order valence-corrected chi connectivity index (χ0v) is 6.53. The summed E-state index contributed by atoms with van der Waals surface area (Å²) in [4.78, 5) is 0. The van der Waals surface area contributed by atoms with Crippen molar-refractivity contribution in [1.29, 1.82) is 0 Å². The average Bonchev–Trinajstić information content (AvgIpc) is 1.76. The average molecular weight is 173 g/mol. The van der Waals surface area contributed by atoms with Crippen LogP contribution < -0.4 is 0 Å². The summed E-state index contributed by atoms with van der Waals surface area (Å²) in [7, 11) is 0. The number of rotatable bonds is 0. The first-order valence-electron chi connectivity index (χ1n) is 1.67. The van der Waals surface area contributed by atoms with Crippen molar-refractivity contribution in [3.63, 3.8) is 0 Å². The molecule has 0 atom stereocenters. The Balaban J connectivity index is 0. The molecule has 0 saturated carbocycles. The summed E-state index contributed by atoms with van der Waals surface area (Å²) in [5, 5.41) is 0. The fourth-order valence-electron chi connectivity index (χ4n) is 0.321. The third-order valence-electron chi connectivity index (χ3n) is 0.556. The van der Waals surface area contributed by atoms with E-state index in [9.17, 15) is 0 Å². The summed E-state index contributed by atoms with van der Waals surface area (Å²) in [6.07, 6.45) is 0. The van der Waals surface area contributed by atoms with Crippen LogP contribution in [0.5, 0.6) is 0 Å². The predicted molar refractivity (Wildman–Crippen MR) is 28.4 cm³/mol. The van der Waals surface area contributed by atoms with Gasteiger partial charge in [-0.15, -0.1) is 0 Å². The molecule has 0 aliphatic heterocycles. The maximum absolute atomic E-state index is 2.00. The van der Waals surface area contributed by atoms with E-state index >= 15 is 0 Å². The maximum Gasteiger partial charge on any atom is 2.00 e. The van der Waals surface area contributed by atoms with Crippen LogP contribution in [0, 0.1) is 7.43 Å². The molecular formula is C6H8Nb. The fraction of sp³-hybridized carbons (Fsp3) is 0. The number of hydrogen-bond donors (Lipinski definition) is 0. The quantitative estimate of drug-likeness (QED) is 0.414. The normalized spacial score (nSPS) is 5.71. The third-order valence-corrected chi connectivity index (χ3v) is 0.556. The van der Waals surface area contributed by atoms with Gasteiger partial charge in [-0.2, -0.15) is 18.2 Å². The Kier molecular flexibility index (Phi) is 8.83. The van der Waals surface area contributed by atoms with Gasteiger partial charge >= 0.3 is 22.4 Å². The molecule has 0 aliphatic carbocycles. The zero-order chi connectivity index (χ0) is 3.54. The van der Waals surface area contributed by atoms with Crippen LogP contribution in [0.1, 0.15) is 0 Å². The first-order chi connectivity index (χ1) is 2.50. The van der Waals surface area contributed by atoms with Gasteiger partial charge in [-0.3, -0.25) is 0 Å². The van der Waals surface area contributed by atoms with Crippen molar-refractivity contribution in [3.8, 4) is 0 Å². The van der Waals surface area contributed by atoms with Crippen molar-refractivity contribution in [2.45, 2.75) is 0 Å². The Bertz CT molecular complexity index is 60.7. The smallest absolute Gasteiger partial charge is 0.358 e. The molecule has 0 nitrogen and oxygen atoms in total. The topological polar surface area (TPSA) is 0 Å². The van der Waals surface area contributed by atoms with Gasteiger partial charge in [-0.25, -0.2) is 12.1 Å². The molecule has 0 spiro atoms. The van der Waals surface area contributed by atoms with Gasteiger partial charge in [-0.05, 0) is 0 Å². The Hall–Kier alpha value is 0.0903. The molecule has 0 bridgehead atoms. The molecule has 0 saturated heterocycles. The summed E-state index contributed by atoms with van der Waals surface area (Å²) in [5.41, 5.74) is 0. The maximum atomic E-state index is 2.00. The largest absolute Gasteiger partial charge is 2.00 e. The van der Waals surface area contributed by atoms with Crippen LogP contribution in [0.3, 0.4) is 0 Å². The molecule has 37 valence electrons. The Morgan fingerprint density at radius 3 is 1.57 bits per heavy atom. The van der Waals surface area contributed by atoms with E-state index in [1.54, 1.807) is 0 Å². The van der Waals surface area contributed by atoms with E-state index < -0.39 is 0 Å². The van der Waals surface area contributed by atoms with Crippen molar-refractivity contribution >= 4 is 0 Å². The minimum atomic E-state index is 0. The standard InChI is InChI=1S/C5H5.CH3.Nb/c1-2-4-5-3-1;;/h1-5H;1H3;/q2*-1;+2. The van der Waals surface area contributed by atoms with Crippen LogP contribution in [0.2, 0.25) is 0 Å². The second-order valence-corrected chi connectivity index (χ2v) is 0.962. The van der Waals surface area contributed by atoms with Crippen molar-refractivity contribution < 1.29 is 22.4 Å². The summed E-state index contributed by atoms with van der Waals surface area (Å²) >= 11 is 0. The second kappa shape index (κ2) is 6.09. The van der Waals surface area contributed by atoms with Gasteiger partial charge in [-0.1, -0.05) is 0 Å². The molecule has 0 heterocycles. The molecule has 0 fully saturated rings. The Morgan fingerprint density at radius 1 is 1.00 bits per heavy atom. The summed E-state index contributed by atoms with van der Waals surface area (Å²) in [5.74, 6) is 0. The minimum absolute atomic E-state index is 0. The summed E-state index contributed by atoms with van der Waals surface area (Å²) in [6.45, 7) is 0. The van der Waals surface area contributed by atoms with Crippen LogP contribution >= 0.6 is 0 Å². The van der Waals surface area contributed by atoms with Gasteiger partial charge < -0.3 is 7.43 Å². The van der Waals surface area contributed by atoms with E-state index in [4.69, 9.17) is 0 Å². The minimum Gasteiger partial charge on any atom is -0.358 e.